The fourth-order valence-electron chi connectivity index (χ4n) is 4.28. The highest BCUT2D eigenvalue weighted by Gasteiger charge is 2.59. The first-order chi connectivity index (χ1) is 17.3. The molecule has 4 aromatic rings. The molecule has 0 aliphatic carbocycles. The zero-order valence-corrected chi connectivity index (χ0v) is 21.2. The number of esters is 1. The molecule has 1 N–H and O–H groups in total. The second kappa shape index (κ2) is 9.55. The van der Waals surface area contributed by atoms with Crippen LogP contribution in [0.15, 0.2) is 63.8 Å². The summed E-state index contributed by atoms with van der Waals surface area (Å²) in [5.41, 5.74) is -2.32. The molecule has 0 bridgehead atoms. The third-order valence-corrected chi connectivity index (χ3v) is 7.11. The highest BCUT2D eigenvalue weighted by atomic mass is 35.5. The number of aryl methyl sites for hydroxylation is 1. The fourth-order valence-corrected chi connectivity index (χ4v) is 4.88. The molecule has 0 aliphatic heterocycles. The number of carbonyl (C=O) groups excluding carboxylic acids is 1. The van der Waals surface area contributed by atoms with Crippen molar-refractivity contribution in [2.24, 2.45) is 7.05 Å². The maximum absolute atomic E-state index is 14.4. The van der Waals surface area contributed by atoms with Gasteiger partial charge in [0.25, 0.3) is 0 Å². The minimum absolute atomic E-state index is 0.0161. The highest BCUT2D eigenvalue weighted by Crippen LogP contribution is 2.50. The van der Waals surface area contributed by atoms with Crippen LogP contribution < -0.4 is 5.76 Å². The molecule has 0 spiro atoms. The Hall–Kier alpha value is -3.27. The summed E-state index contributed by atoms with van der Waals surface area (Å²) in [6.45, 7) is 1.22. The fraction of sp³-hybridized carbons (Fsp3) is 0.231. The van der Waals surface area contributed by atoms with E-state index >= 15 is 0 Å². The van der Waals surface area contributed by atoms with E-state index in [1.807, 2.05) is 0 Å². The van der Waals surface area contributed by atoms with Crippen LogP contribution in [-0.2, 0) is 17.4 Å². The van der Waals surface area contributed by atoms with Crippen LogP contribution in [0.1, 0.15) is 34.3 Å². The first kappa shape index (κ1) is 26.8. The molecule has 0 saturated carbocycles. The molecule has 1 heterocycles. The first-order valence-electron chi connectivity index (χ1n) is 10.9. The van der Waals surface area contributed by atoms with E-state index in [1.165, 1.54) is 51.4 Å². The summed E-state index contributed by atoms with van der Waals surface area (Å²) in [6, 6.07) is 12.3. The average Bonchev–Trinajstić information content (AvgIpc) is 3.14. The van der Waals surface area contributed by atoms with E-state index in [1.54, 1.807) is 12.1 Å². The van der Waals surface area contributed by atoms with Crippen molar-refractivity contribution in [1.29, 1.82) is 0 Å². The SMILES string of the molecule is COC(=O)c1ccc(-c2ccc([C@@H](C)[C@@](O)(c3ccc4oc(=O)n(C)c4c3)C(F)(F)F)c(Cl)c2)cc1Cl. The van der Waals surface area contributed by atoms with E-state index < -0.39 is 35.0 Å². The Morgan fingerprint density at radius 2 is 1.65 bits per heavy atom. The van der Waals surface area contributed by atoms with Crippen LogP contribution in [0, 0.1) is 0 Å². The van der Waals surface area contributed by atoms with Gasteiger partial charge in [-0.05, 0) is 52.6 Å². The number of rotatable bonds is 5. The average molecular weight is 554 g/mol. The molecule has 0 fully saturated rings. The summed E-state index contributed by atoms with van der Waals surface area (Å²) in [6.07, 6.45) is -5.10. The van der Waals surface area contributed by atoms with Gasteiger partial charge in [-0.3, -0.25) is 4.57 Å². The third kappa shape index (κ3) is 4.52. The van der Waals surface area contributed by atoms with Gasteiger partial charge >= 0.3 is 17.9 Å². The van der Waals surface area contributed by atoms with Gasteiger partial charge in [0.15, 0.2) is 11.2 Å². The van der Waals surface area contributed by atoms with Crippen molar-refractivity contribution < 1.29 is 32.2 Å². The molecule has 194 valence electrons. The Labute approximate surface area is 218 Å². The molecule has 2 atom stereocenters. The van der Waals surface area contributed by atoms with E-state index in [0.717, 1.165) is 16.7 Å². The maximum Gasteiger partial charge on any atom is 0.422 e. The lowest BCUT2D eigenvalue weighted by Gasteiger charge is -2.37. The monoisotopic (exact) mass is 553 g/mol. The van der Waals surface area contributed by atoms with E-state index in [2.05, 4.69) is 4.74 Å². The van der Waals surface area contributed by atoms with Crippen molar-refractivity contribution >= 4 is 40.3 Å². The Morgan fingerprint density at radius 3 is 2.22 bits per heavy atom. The van der Waals surface area contributed by atoms with Gasteiger partial charge in [0.2, 0.25) is 0 Å². The number of aliphatic hydroxyl groups is 1. The minimum Gasteiger partial charge on any atom is -0.465 e. The first-order valence-corrected chi connectivity index (χ1v) is 11.6. The molecule has 3 aromatic carbocycles. The molecule has 0 radical (unpaired) electrons. The lowest BCUT2D eigenvalue weighted by atomic mass is 9.77. The van der Waals surface area contributed by atoms with Gasteiger partial charge in [0.05, 0.1) is 23.2 Å². The van der Waals surface area contributed by atoms with E-state index in [4.69, 9.17) is 27.6 Å². The van der Waals surface area contributed by atoms with Crippen LogP contribution in [0.4, 0.5) is 13.2 Å². The number of fused-ring (bicyclic) bond motifs is 1. The number of alkyl halides is 3. The van der Waals surface area contributed by atoms with Crippen LogP contribution in [0.2, 0.25) is 10.0 Å². The number of benzene rings is 3. The zero-order chi connectivity index (χ0) is 27.3. The largest absolute Gasteiger partial charge is 0.465 e. The van der Waals surface area contributed by atoms with E-state index in [0.29, 0.717) is 11.1 Å². The maximum atomic E-state index is 14.4. The van der Waals surface area contributed by atoms with Gasteiger partial charge < -0.3 is 14.3 Å². The van der Waals surface area contributed by atoms with Crippen LogP contribution in [0.3, 0.4) is 0 Å². The Bertz CT molecular complexity index is 1580. The number of hydrogen-bond donors (Lipinski definition) is 1. The number of hydrogen-bond acceptors (Lipinski definition) is 5. The molecule has 11 heteroatoms. The predicted molar refractivity (Wildman–Crippen MR) is 133 cm³/mol. The Kier molecular flexibility index (Phi) is 6.92. The second-order valence-corrected chi connectivity index (χ2v) is 9.33. The number of carbonyl (C=O) groups is 1. The number of aromatic nitrogens is 1. The summed E-state index contributed by atoms with van der Waals surface area (Å²) in [7, 11) is 2.58. The van der Waals surface area contributed by atoms with Gasteiger partial charge in [0.1, 0.15) is 0 Å². The molecule has 4 rings (SSSR count). The highest BCUT2D eigenvalue weighted by molar-refractivity contribution is 6.34. The molecular formula is C26H20Cl2F3NO5. The third-order valence-electron chi connectivity index (χ3n) is 6.47. The van der Waals surface area contributed by atoms with E-state index in [9.17, 15) is 27.9 Å². The predicted octanol–water partition coefficient (Wildman–Crippen LogP) is 6.45. The number of ether oxygens (including phenoxy) is 1. The van der Waals surface area contributed by atoms with E-state index in [-0.39, 0.29) is 32.3 Å². The van der Waals surface area contributed by atoms with Crippen molar-refractivity contribution in [3.05, 3.63) is 91.9 Å². The number of oxazole rings is 1. The van der Waals surface area contributed by atoms with Crippen molar-refractivity contribution in [2.75, 3.05) is 7.11 Å². The summed E-state index contributed by atoms with van der Waals surface area (Å²) in [5.74, 6) is -2.89. The van der Waals surface area contributed by atoms with Gasteiger partial charge in [-0.1, -0.05) is 54.4 Å². The lowest BCUT2D eigenvalue weighted by Crippen LogP contribution is -2.46. The molecule has 0 aliphatic rings. The molecule has 1 aromatic heterocycles. The molecule has 0 amide bonds. The lowest BCUT2D eigenvalue weighted by molar-refractivity contribution is -0.274. The van der Waals surface area contributed by atoms with Crippen molar-refractivity contribution in [3.8, 4) is 11.1 Å². The Morgan fingerprint density at radius 1 is 1.03 bits per heavy atom. The minimum atomic E-state index is -5.10. The van der Waals surface area contributed by atoms with Crippen LogP contribution in [0.25, 0.3) is 22.2 Å². The summed E-state index contributed by atoms with van der Waals surface area (Å²) >= 11 is 12.6. The van der Waals surface area contributed by atoms with Gasteiger partial charge in [-0.25, -0.2) is 9.59 Å². The quantitative estimate of drug-likeness (QED) is 0.287. The molecule has 6 nitrogen and oxygen atoms in total. The summed E-state index contributed by atoms with van der Waals surface area (Å²) in [4.78, 5) is 23.6. The molecule has 0 unspecified atom stereocenters. The zero-order valence-electron chi connectivity index (χ0n) is 19.7. The number of nitrogens with zero attached hydrogens (tertiary/aromatic N) is 1. The second-order valence-electron chi connectivity index (χ2n) is 8.52. The normalized spacial score (nSPS) is 14.4. The van der Waals surface area contributed by atoms with Crippen LogP contribution >= 0.6 is 23.2 Å². The smallest absolute Gasteiger partial charge is 0.422 e. The molecular weight excluding hydrogens is 534 g/mol. The van der Waals surface area contributed by atoms with Crippen molar-refractivity contribution in [1.82, 2.24) is 4.57 Å². The summed E-state index contributed by atoms with van der Waals surface area (Å²) in [5, 5.41) is 11.3. The number of halogens is 5. The Balaban J connectivity index is 1.77. The van der Waals surface area contributed by atoms with Gasteiger partial charge in [0, 0.05) is 18.0 Å². The van der Waals surface area contributed by atoms with Crippen LogP contribution in [0.5, 0.6) is 0 Å². The van der Waals surface area contributed by atoms with Crippen molar-refractivity contribution in [2.45, 2.75) is 24.6 Å². The summed E-state index contributed by atoms with van der Waals surface area (Å²) < 4.78 is 54.1. The van der Waals surface area contributed by atoms with Gasteiger partial charge in [-0.15, -0.1) is 0 Å². The molecule has 0 saturated heterocycles. The molecule has 37 heavy (non-hydrogen) atoms. The van der Waals surface area contributed by atoms with Crippen molar-refractivity contribution in [3.63, 3.8) is 0 Å². The standard InChI is InChI=1S/C26H20Cl2F3NO5/c1-13(25(35,26(29,30)31)16-6-9-22-21(12-16)32(2)24(34)37-22)17-7-4-14(10-19(17)27)15-5-8-18(20(28)11-15)23(33)36-3/h4-13,35H,1-3H3/t13-,25-/m1/s1. The topological polar surface area (TPSA) is 81.7 Å². The van der Waals surface area contributed by atoms with Gasteiger partial charge in [-0.2, -0.15) is 13.2 Å². The van der Waals surface area contributed by atoms with Crippen LogP contribution in [-0.4, -0.2) is 28.9 Å². The number of methoxy groups -OCH3 is 1.